The number of hydrogen-bond acceptors (Lipinski definition) is 1. The summed E-state index contributed by atoms with van der Waals surface area (Å²) in [6, 6.07) is 11.2. The molecule has 0 aliphatic heterocycles. The summed E-state index contributed by atoms with van der Waals surface area (Å²) in [6.45, 7) is 0. The summed E-state index contributed by atoms with van der Waals surface area (Å²) in [5.74, 6) is 3.02. The Morgan fingerprint density at radius 3 is 1.95 bits per heavy atom. The summed E-state index contributed by atoms with van der Waals surface area (Å²) >= 11 is 0. The minimum Gasteiger partial charge on any atom is -0.327 e. The van der Waals surface area contributed by atoms with Gasteiger partial charge in [-0.1, -0.05) is 30.3 Å². The van der Waals surface area contributed by atoms with Gasteiger partial charge in [-0.3, -0.25) is 0 Å². The molecule has 0 radical (unpaired) electrons. The first-order valence-corrected chi connectivity index (χ1v) is 8.03. The molecule has 4 aliphatic rings. The zero-order chi connectivity index (χ0) is 12.9. The van der Waals surface area contributed by atoms with Crippen molar-refractivity contribution in [2.24, 2.45) is 28.9 Å². The molecule has 4 fully saturated rings. The second kappa shape index (κ2) is 5.35. The van der Waals surface area contributed by atoms with Crippen molar-refractivity contribution in [3.8, 4) is 0 Å². The predicted molar refractivity (Wildman–Crippen MR) is 86.0 cm³/mol. The van der Waals surface area contributed by atoms with Crippen molar-refractivity contribution in [2.45, 2.75) is 51.0 Å². The molecule has 1 unspecified atom stereocenters. The third kappa shape index (κ3) is 2.40. The van der Waals surface area contributed by atoms with Crippen LogP contribution in [0.25, 0.3) is 0 Å². The highest BCUT2D eigenvalue weighted by Crippen LogP contribution is 2.61. The smallest absolute Gasteiger partial charge is 0.0136 e. The molecule has 0 spiro atoms. The predicted octanol–water partition coefficient (Wildman–Crippen LogP) is 4.19. The molecule has 4 saturated carbocycles. The maximum absolute atomic E-state index is 6.70. The van der Waals surface area contributed by atoms with Gasteiger partial charge < -0.3 is 5.73 Å². The van der Waals surface area contributed by atoms with Gasteiger partial charge in [-0.15, -0.1) is 12.4 Å². The van der Waals surface area contributed by atoms with Crippen molar-refractivity contribution in [1.29, 1.82) is 0 Å². The third-order valence-electron chi connectivity index (χ3n) is 6.17. The van der Waals surface area contributed by atoms with Gasteiger partial charge in [-0.25, -0.2) is 0 Å². The molecule has 110 valence electrons. The number of benzene rings is 1. The molecular formula is C18H26ClN. The van der Waals surface area contributed by atoms with E-state index >= 15 is 0 Å². The minimum absolute atomic E-state index is 0. The van der Waals surface area contributed by atoms with E-state index in [4.69, 9.17) is 5.73 Å². The maximum atomic E-state index is 6.70. The van der Waals surface area contributed by atoms with Gasteiger partial charge in [-0.2, -0.15) is 0 Å². The van der Waals surface area contributed by atoms with Crippen LogP contribution in [0, 0.1) is 23.2 Å². The van der Waals surface area contributed by atoms with E-state index in [2.05, 4.69) is 30.3 Å². The molecular weight excluding hydrogens is 266 g/mol. The van der Waals surface area contributed by atoms with Crippen LogP contribution in [0.15, 0.2) is 30.3 Å². The zero-order valence-corrected chi connectivity index (χ0v) is 12.9. The van der Waals surface area contributed by atoms with Crippen LogP contribution < -0.4 is 5.73 Å². The molecule has 4 aliphatic carbocycles. The Kier molecular flexibility index (Phi) is 3.85. The third-order valence-corrected chi connectivity index (χ3v) is 6.17. The Morgan fingerprint density at radius 2 is 1.45 bits per heavy atom. The van der Waals surface area contributed by atoms with E-state index in [0.29, 0.717) is 11.5 Å². The van der Waals surface area contributed by atoms with Gasteiger partial charge in [0.25, 0.3) is 0 Å². The van der Waals surface area contributed by atoms with E-state index in [1.54, 1.807) is 0 Å². The van der Waals surface area contributed by atoms with Crippen LogP contribution in [0.2, 0.25) is 0 Å². The summed E-state index contributed by atoms with van der Waals surface area (Å²) in [4.78, 5) is 0. The van der Waals surface area contributed by atoms with Crippen molar-refractivity contribution < 1.29 is 0 Å². The second-order valence-corrected chi connectivity index (χ2v) is 7.58. The van der Waals surface area contributed by atoms with Crippen LogP contribution in [-0.4, -0.2) is 6.04 Å². The van der Waals surface area contributed by atoms with Crippen molar-refractivity contribution in [3.63, 3.8) is 0 Å². The van der Waals surface area contributed by atoms with E-state index < -0.39 is 0 Å². The summed E-state index contributed by atoms with van der Waals surface area (Å²) in [6.07, 6.45) is 9.88. The van der Waals surface area contributed by atoms with Crippen LogP contribution in [0.3, 0.4) is 0 Å². The van der Waals surface area contributed by atoms with Crippen LogP contribution in [0.4, 0.5) is 0 Å². The number of hydrogen-bond donors (Lipinski definition) is 1. The topological polar surface area (TPSA) is 26.0 Å². The van der Waals surface area contributed by atoms with Gasteiger partial charge in [-0.05, 0) is 73.7 Å². The SMILES string of the molecule is Cl.NC(Cc1ccccc1)C12CC3CC(CC(C3)C1)C2. The van der Waals surface area contributed by atoms with E-state index in [0.717, 1.165) is 24.2 Å². The van der Waals surface area contributed by atoms with Crippen molar-refractivity contribution in [2.75, 3.05) is 0 Å². The van der Waals surface area contributed by atoms with Gasteiger partial charge in [0.2, 0.25) is 0 Å². The Balaban J connectivity index is 0.00000121. The van der Waals surface area contributed by atoms with Crippen LogP contribution in [-0.2, 0) is 6.42 Å². The van der Waals surface area contributed by atoms with Gasteiger partial charge in [0.15, 0.2) is 0 Å². The normalized spacial score (nSPS) is 39.4. The standard InChI is InChI=1S/C18H25N.ClH/c19-17(9-13-4-2-1-3-5-13)18-10-14-6-15(11-18)8-16(7-14)12-18;/h1-5,14-17H,6-12,19H2;1H. The molecule has 1 aromatic carbocycles. The fourth-order valence-electron chi connectivity index (χ4n) is 5.72. The van der Waals surface area contributed by atoms with Crippen molar-refractivity contribution in [1.82, 2.24) is 0 Å². The Hall–Kier alpha value is -0.530. The van der Waals surface area contributed by atoms with Crippen LogP contribution in [0.5, 0.6) is 0 Å². The van der Waals surface area contributed by atoms with Crippen LogP contribution in [0.1, 0.15) is 44.1 Å². The molecule has 1 atom stereocenters. The summed E-state index contributed by atoms with van der Waals surface area (Å²) in [5, 5.41) is 0. The molecule has 0 saturated heterocycles. The molecule has 0 aromatic heterocycles. The summed E-state index contributed by atoms with van der Waals surface area (Å²) in [7, 11) is 0. The summed E-state index contributed by atoms with van der Waals surface area (Å²) in [5.41, 5.74) is 8.62. The molecule has 20 heavy (non-hydrogen) atoms. The lowest BCUT2D eigenvalue weighted by Gasteiger charge is -2.59. The molecule has 5 rings (SSSR count). The molecule has 1 nitrogen and oxygen atoms in total. The lowest BCUT2D eigenvalue weighted by Crippen LogP contribution is -2.55. The Labute approximate surface area is 128 Å². The first kappa shape index (κ1) is 14.4. The fraction of sp³-hybridized carbons (Fsp3) is 0.667. The molecule has 2 heteroatoms. The molecule has 0 heterocycles. The second-order valence-electron chi connectivity index (χ2n) is 7.58. The van der Waals surface area contributed by atoms with Crippen LogP contribution >= 0.6 is 12.4 Å². The Bertz CT molecular complexity index is 420. The quantitative estimate of drug-likeness (QED) is 0.888. The first-order chi connectivity index (χ1) is 9.23. The highest BCUT2D eigenvalue weighted by Gasteiger charge is 2.53. The van der Waals surface area contributed by atoms with Gasteiger partial charge in [0, 0.05) is 6.04 Å². The lowest BCUT2D eigenvalue weighted by molar-refractivity contribution is -0.0667. The lowest BCUT2D eigenvalue weighted by atomic mass is 9.47. The number of nitrogens with two attached hydrogens (primary N) is 1. The number of rotatable bonds is 3. The van der Waals surface area contributed by atoms with Crippen molar-refractivity contribution in [3.05, 3.63) is 35.9 Å². The molecule has 2 N–H and O–H groups in total. The fourth-order valence-corrected chi connectivity index (χ4v) is 5.72. The van der Waals surface area contributed by atoms with Gasteiger partial charge in [0.05, 0.1) is 0 Å². The maximum Gasteiger partial charge on any atom is 0.0136 e. The molecule has 0 amide bonds. The average molecular weight is 292 g/mol. The molecule has 1 aromatic rings. The highest BCUT2D eigenvalue weighted by atomic mass is 35.5. The highest BCUT2D eigenvalue weighted by molar-refractivity contribution is 5.85. The molecule has 4 bridgehead atoms. The van der Waals surface area contributed by atoms with E-state index in [1.165, 1.54) is 44.1 Å². The zero-order valence-electron chi connectivity index (χ0n) is 12.1. The number of halogens is 1. The van der Waals surface area contributed by atoms with Gasteiger partial charge in [0.1, 0.15) is 0 Å². The average Bonchev–Trinajstić information content (AvgIpc) is 2.38. The summed E-state index contributed by atoms with van der Waals surface area (Å²) < 4.78 is 0. The first-order valence-electron chi connectivity index (χ1n) is 8.03. The van der Waals surface area contributed by atoms with E-state index in [1.807, 2.05) is 0 Å². The van der Waals surface area contributed by atoms with E-state index in [-0.39, 0.29) is 12.4 Å². The minimum atomic E-state index is 0. The monoisotopic (exact) mass is 291 g/mol. The largest absolute Gasteiger partial charge is 0.327 e. The Morgan fingerprint density at radius 1 is 0.950 bits per heavy atom. The van der Waals surface area contributed by atoms with E-state index in [9.17, 15) is 0 Å². The van der Waals surface area contributed by atoms with Crippen molar-refractivity contribution >= 4 is 12.4 Å². The van der Waals surface area contributed by atoms with Gasteiger partial charge >= 0.3 is 0 Å².